The van der Waals surface area contributed by atoms with Crippen LogP contribution in [0.5, 0.6) is 0 Å². The Labute approximate surface area is 168 Å². The van der Waals surface area contributed by atoms with Crippen molar-refractivity contribution in [2.24, 2.45) is 7.05 Å². The minimum atomic E-state index is -4.08. The number of nitrogens with zero attached hydrogens (tertiary/aromatic N) is 5. The van der Waals surface area contributed by atoms with Gasteiger partial charge in [-0.05, 0) is 17.2 Å². The van der Waals surface area contributed by atoms with Gasteiger partial charge in [0.2, 0.25) is 0 Å². The first-order chi connectivity index (χ1) is 13.9. The minimum Gasteiger partial charge on any atom is -0.284 e. The van der Waals surface area contributed by atoms with E-state index in [4.69, 9.17) is 0 Å². The second kappa shape index (κ2) is 7.07. The zero-order valence-electron chi connectivity index (χ0n) is 15.6. The summed E-state index contributed by atoms with van der Waals surface area (Å²) in [6.45, 7) is -0.0366. The number of hydrogen-bond acceptors (Lipinski definition) is 5. The molecule has 0 unspecified atom stereocenters. The molecule has 0 N–H and O–H groups in total. The zero-order valence-corrected chi connectivity index (χ0v) is 16.4. The number of aryl methyl sites for hydroxylation is 1. The van der Waals surface area contributed by atoms with Crippen molar-refractivity contribution in [3.05, 3.63) is 77.5 Å². The topological polar surface area (TPSA) is 99.3 Å². The SMILES string of the molecule is Cn1ncc2c1S(=O)(=O)N(Cc1ccccc1)C(=O)N2Cc1ccccc1C#N. The van der Waals surface area contributed by atoms with Crippen LogP contribution in [-0.2, 0) is 30.2 Å². The van der Waals surface area contributed by atoms with Gasteiger partial charge in [0.1, 0.15) is 5.69 Å². The Bertz CT molecular complexity index is 1230. The molecule has 8 nitrogen and oxygen atoms in total. The summed E-state index contributed by atoms with van der Waals surface area (Å²) in [5.74, 6) is 0. The van der Waals surface area contributed by atoms with Crippen molar-refractivity contribution in [3.8, 4) is 6.07 Å². The van der Waals surface area contributed by atoms with Crippen LogP contribution >= 0.6 is 0 Å². The molecule has 3 aromatic rings. The van der Waals surface area contributed by atoms with Crippen LogP contribution in [0.25, 0.3) is 0 Å². The molecule has 146 valence electrons. The second-order valence-corrected chi connectivity index (χ2v) is 8.37. The first-order valence-corrected chi connectivity index (χ1v) is 10.3. The van der Waals surface area contributed by atoms with Crippen LogP contribution in [0.4, 0.5) is 10.5 Å². The monoisotopic (exact) mass is 407 g/mol. The van der Waals surface area contributed by atoms with Crippen molar-refractivity contribution < 1.29 is 13.2 Å². The molecule has 0 spiro atoms. The normalized spacial score (nSPS) is 15.1. The van der Waals surface area contributed by atoms with Crippen LogP contribution in [0.3, 0.4) is 0 Å². The van der Waals surface area contributed by atoms with Crippen LogP contribution in [0.1, 0.15) is 16.7 Å². The van der Waals surface area contributed by atoms with Gasteiger partial charge in [-0.1, -0.05) is 48.5 Å². The van der Waals surface area contributed by atoms with Crippen molar-refractivity contribution in [2.45, 2.75) is 18.1 Å². The summed E-state index contributed by atoms with van der Waals surface area (Å²) < 4.78 is 28.5. The predicted octanol–water partition coefficient (Wildman–Crippen LogP) is 2.62. The molecule has 9 heteroatoms. The van der Waals surface area contributed by atoms with E-state index in [-0.39, 0.29) is 23.8 Å². The lowest BCUT2D eigenvalue weighted by Gasteiger charge is -2.34. The summed E-state index contributed by atoms with van der Waals surface area (Å²) >= 11 is 0. The number of fused-ring (bicyclic) bond motifs is 1. The predicted molar refractivity (Wildman–Crippen MR) is 105 cm³/mol. The van der Waals surface area contributed by atoms with Gasteiger partial charge in [-0.25, -0.2) is 9.10 Å². The maximum absolute atomic E-state index is 13.3. The van der Waals surface area contributed by atoms with E-state index in [1.54, 1.807) is 48.5 Å². The average Bonchev–Trinajstić information content (AvgIpc) is 3.12. The molecule has 1 aliphatic rings. The third-order valence-electron chi connectivity index (χ3n) is 4.77. The minimum absolute atomic E-state index is 0.0533. The summed E-state index contributed by atoms with van der Waals surface area (Å²) in [7, 11) is -2.56. The number of nitriles is 1. The molecule has 0 saturated heterocycles. The Morgan fingerprint density at radius 1 is 1.03 bits per heavy atom. The summed E-state index contributed by atoms with van der Waals surface area (Å²) in [5.41, 5.74) is 1.94. The highest BCUT2D eigenvalue weighted by atomic mass is 32.2. The quantitative estimate of drug-likeness (QED) is 0.662. The molecule has 0 aliphatic carbocycles. The lowest BCUT2D eigenvalue weighted by molar-refractivity contribution is 0.225. The first-order valence-electron chi connectivity index (χ1n) is 8.81. The number of urea groups is 1. The molecule has 2 amide bonds. The number of aromatic nitrogens is 2. The summed E-state index contributed by atoms with van der Waals surface area (Å²) in [6, 6.07) is 17.2. The summed E-state index contributed by atoms with van der Waals surface area (Å²) in [5, 5.41) is 13.4. The van der Waals surface area contributed by atoms with Gasteiger partial charge in [-0.2, -0.15) is 18.8 Å². The number of carbonyl (C=O) groups is 1. The van der Waals surface area contributed by atoms with Gasteiger partial charge in [0.05, 0.1) is 30.9 Å². The summed E-state index contributed by atoms with van der Waals surface area (Å²) in [4.78, 5) is 14.6. The van der Waals surface area contributed by atoms with Crippen LogP contribution in [0, 0.1) is 11.3 Å². The number of hydrogen-bond donors (Lipinski definition) is 0. The fourth-order valence-corrected chi connectivity index (χ4v) is 4.98. The Hall–Kier alpha value is -3.64. The molecule has 2 aromatic carbocycles. The fraction of sp³-hybridized carbons (Fsp3) is 0.150. The van der Waals surface area contributed by atoms with Crippen LogP contribution in [-0.4, -0.2) is 28.5 Å². The molecule has 4 rings (SSSR count). The first kappa shape index (κ1) is 18.7. The Balaban J connectivity index is 1.81. The van der Waals surface area contributed by atoms with Crippen molar-refractivity contribution in [3.63, 3.8) is 0 Å². The second-order valence-electron chi connectivity index (χ2n) is 6.59. The number of anilines is 1. The molecular formula is C20H17N5O3S. The maximum atomic E-state index is 13.3. The molecule has 1 aliphatic heterocycles. The molecule has 1 aromatic heterocycles. The molecule has 0 atom stereocenters. The van der Waals surface area contributed by atoms with E-state index < -0.39 is 16.1 Å². The molecule has 0 radical (unpaired) electrons. The molecule has 0 saturated carbocycles. The van der Waals surface area contributed by atoms with E-state index in [1.807, 2.05) is 6.07 Å². The van der Waals surface area contributed by atoms with Gasteiger partial charge in [0.15, 0.2) is 5.03 Å². The lowest BCUT2D eigenvalue weighted by Crippen LogP contribution is -2.50. The third kappa shape index (κ3) is 3.13. The molecule has 0 bridgehead atoms. The van der Waals surface area contributed by atoms with Crippen LogP contribution in [0.15, 0.2) is 65.8 Å². The smallest absolute Gasteiger partial charge is 0.284 e. The van der Waals surface area contributed by atoms with Crippen LogP contribution in [0.2, 0.25) is 0 Å². The van der Waals surface area contributed by atoms with E-state index >= 15 is 0 Å². The lowest BCUT2D eigenvalue weighted by atomic mass is 10.1. The molecule has 0 fully saturated rings. The van der Waals surface area contributed by atoms with E-state index in [2.05, 4.69) is 11.2 Å². The Morgan fingerprint density at radius 2 is 1.72 bits per heavy atom. The van der Waals surface area contributed by atoms with Crippen molar-refractivity contribution in [2.75, 3.05) is 4.90 Å². The van der Waals surface area contributed by atoms with Crippen molar-refractivity contribution in [1.29, 1.82) is 5.26 Å². The number of sulfonamides is 1. The number of amides is 2. The van der Waals surface area contributed by atoms with Crippen molar-refractivity contribution in [1.82, 2.24) is 14.1 Å². The Kier molecular flexibility index (Phi) is 4.56. The Morgan fingerprint density at radius 3 is 2.45 bits per heavy atom. The van der Waals surface area contributed by atoms with Gasteiger partial charge in [-0.15, -0.1) is 0 Å². The van der Waals surface area contributed by atoms with Gasteiger partial charge in [0, 0.05) is 7.05 Å². The van der Waals surface area contributed by atoms with E-state index in [1.165, 1.54) is 22.8 Å². The van der Waals surface area contributed by atoms with Gasteiger partial charge in [-0.3, -0.25) is 9.58 Å². The number of carbonyl (C=O) groups excluding carboxylic acids is 1. The zero-order chi connectivity index (χ0) is 20.6. The standard InChI is InChI=1S/C20H17N5O3S/c1-23-19-18(12-22-23)24(14-17-10-6-5-9-16(17)11-21)20(26)25(29(19,27)28)13-15-7-3-2-4-8-15/h2-10,12H,13-14H2,1H3. The highest BCUT2D eigenvalue weighted by molar-refractivity contribution is 7.89. The van der Waals surface area contributed by atoms with Gasteiger partial charge < -0.3 is 0 Å². The molecule has 29 heavy (non-hydrogen) atoms. The number of rotatable bonds is 4. The van der Waals surface area contributed by atoms with E-state index in [0.717, 1.165) is 4.31 Å². The average molecular weight is 407 g/mol. The van der Waals surface area contributed by atoms with Crippen molar-refractivity contribution >= 4 is 21.7 Å². The van der Waals surface area contributed by atoms with Gasteiger partial charge >= 0.3 is 6.03 Å². The van der Waals surface area contributed by atoms with Gasteiger partial charge in [0.25, 0.3) is 10.0 Å². The summed E-state index contributed by atoms with van der Waals surface area (Å²) in [6.07, 6.45) is 1.36. The van der Waals surface area contributed by atoms with Crippen LogP contribution < -0.4 is 4.90 Å². The largest absolute Gasteiger partial charge is 0.339 e. The third-order valence-corrected chi connectivity index (χ3v) is 6.60. The highest BCUT2D eigenvalue weighted by Crippen LogP contribution is 2.36. The highest BCUT2D eigenvalue weighted by Gasteiger charge is 2.44. The fourth-order valence-electron chi connectivity index (χ4n) is 3.34. The van der Waals surface area contributed by atoms with E-state index in [9.17, 15) is 18.5 Å². The number of benzene rings is 2. The maximum Gasteiger partial charge on any atom is 0.339 e. The molecular weight excluding hydrogens is 390 g/mol. The molecule has 2 heterocycles. The van der Waals surface area contributed by atoms with E-state index in [0.29, 0.717) is 16.7 Å².